The summed E-state index contributed by atoms with van der Waals surface area (Å²) in [7, 11) is 0. The fourth-order valence-electron chi connectivity index (χ4n) is 3.20. The van der Waals surface area contributed by atoms with Crippen molar-refractivity contribution in [2.75, 3.05) is 4.90 Å². The Hall–Kier alpha value is -3.21. The third-order valence-corrected chi connectivity index (χ3v) is 4.17. The Morgan fingerprint density at radius 2 is 1.58 bits per heavy atom. The molecule has 2 aliphatic rings. The molecule has 5 heteroatoms. The minimum absolute atomic E-state index is 0.326. The largest absolute Gasteiger partial charge is 0.427 e. The fraction of sp³-hybridized carbons (Fsp3) is 0.105. The topological polar surface area (TPSA) is 63.7 Å². The molecule has 24 heavy (non-hydrogen) atoms. The number of imide groups is 1. The van der Waals surface area contributed by atoms with Gasteiger partial charge in [0.15, 0.2) is 0 Å². The molecule has 1 aliphatic carbocycles. The summed E-state index contributed by atoms with van der Waals surface area (Å²) in [6, 6.07) is 11.1. The van der Waals surface area contributed by atoms with Gasteiger partial charge in [-0.3, -0.25) is 14.4 Å². The van der Waals surface area contributed by atoms with E-state index in [0.29, 0.717) is 17.9 Å². The van der Waals surface area contributed by atoms with E-state index in [0.717, 1.165) is 27.2 Å². The van der Waals surface area contributed by atoms with E-state index >= 15 is 0 Å². The Labute approximate surface area is 138 Å². The summed E-state index contributed by atoms with van der Waals surface area (Å²) < 4.78 is 5.13. The van der Waals surface area contributed by atoms with Crippen LogP contribution in [0.25, 0.3) is 11.1 Å². The van der Waals surface area contributed by atoms with Gasteiger partial charge in [0, 0.05) is 19.1 Å². The minimum Gasteiger partial charge on any atom is -0.427 e. The number of fused-ring (bicyclic) bond motifs is 3. The molecular weight excluding hydrogens is 306 g/mol. The molecule has 5 nitrogen and oxygen atoms in total. The van der Waals surface area contributed by atoms with Crippen LogP contribution in [-0.4, -0.2) is 17.8 Å². The van der Waals surface area contributed by atoms with Crippen LogP contribution >= 0.6 is 0 Å². The van der Waals surface area contributed by atoms with Gasteiger partial charge in [0.05, 0.1) is 5.69 Å². The zero-order valence-electron chi connectivity index (χ0n) is 12.9. The molecule has 118 valence electrons. The van der Waals surface area contributed by atoms with Crippen molar-refractivity contribution in [3.8, 4) is 16.9 Å². The Bertz CT molecular complexity index is 924. The molecule has 0 unspecified atom stereocenters. The van der Waals surface area contributed by atoms with E-state index < -0.39 is 0 Å². The minimum atomic E-state index is -0.355. The number of carbonyl (C=O) groups excluding carboxylic acids is 3. The second-order valence-electron chi connectivity index (χ2n) is 5.78. The summed E-state index contributed by atoms with van der Waals surface area (Å²) in [5.41, 5.74) is 4.80. The molecule has 0 aromatic heterocycles. The second-order valence-corrected chi connectivity index (χ2v) is 5.78. The molecule has 1 aliphatic heterocycles. The molecule has 0 fully saturated rings. The monoisotopic (exact) mass is 319 g/mol. The second kappa shape index (κ2) is 5.16. The highest BCUT2D eigenvalue weighted by atomic mass is 16.5. The lowest BCUT2D eigenvalue weighted by molar-refractivity contribution is -0.132. The first-order valence-electron chi connectivity index (χ1n) is 7.54. The summed E-state index contributed by atoms with van der Waals surface area (Å²) in [6.45, 7) is 1.37. The molecule has 0 radical (unpaired) electrons. The third-order valence-electron chi connectivity index (χ3n) is 4.17. The van der Waals surface area contributed by atoms with E-state index in [1.165, 1.54) is 19.1 Å². The first-order valence-corrected chi connectivity index (χ1v) is 7.54. The van der Waals surface area contributed by atoms with E-state index in [9.17, 15) is 14.4 Å². The fourth-order valence-corrected chi connectivity index (χ4v) is 3.20. The maximum Gasteiger partial charge on any atom is 0.308 e. The van der Waals surface area contributed by atoms with Gasteiger partial charge in [-0.15, -0.1) is 0 Å². The van der Waals surface area contributed by atoms with Crippen LogP contribution in [0.4, 0.5) is 5.69 Å². The average Bonchev–Trinajstić information content (AvgIpc) is 3.05. The first kappa shape index (κ1) is 14.4. The van der Waals surface area contributed by atoms with Crippen molar-refractivity contribution in [2.24, 2.45) is 0 Å². The van der Waals surface area contributed by atoms with E-state index in [1.807, 2.05) is 24.3 Å². The van der Waals surface area contributed by atoms with Crippen LogP contribution in [0.2, 0.25) is 0 Å². The zero-order chi connectivity index (χ0) is 16.8. The Kier molecular flexibility index (Phi) is 3.09. The summed E-state index contributed by atoms with van der Waals surface area (Å²) in [5.74, 6) is -0.491. The van der Waals surface area contributed by atoms with Crippen LogP contribution in [0.1, 0.15) is 18.1 Å². The van der Waals surface area contributed by atoms with Crippen molar-refractivity contribution in [1.82, 2.24) is 0 Å². The zero-order valence-corrected chi connectivity index (χ0v) is 12.9. The van der Waals surface area contributed by atoms with Crippen LogP contribution in [0.3, 0.4) is 0 Å². The molecule has 0 saturated carbocycles. The normalized spacial score (nSPS) is 14.8. The van der Waals surface area contributed by atoms with Gasteiger partial charge in [-0.05, 0) is 52.9 Å². The number of benzene rings is 2. The highest BCUT2D eigenvalue weighted by Gasteiger charge is 2.27. The molecule has 0 saturated heterocycles. The predicted molar refractivity (Wildman–Crippen MR) is 87.6 cm³/mol. The predicted octanol–water partition coefficient (Wildman–Crippen LogP) is 2.61. The summed E-state index contributed by atoms with van der Waals surface area (Å²) in [6.07, 6.45) is 3.21. The number of carbonyl (C=O) groups is 3. The Morgan fingerprint density at radius 1 is 0.958 bits per heavy atom. The van der Waals surface area contributed by atoms with Crippen LogP contribution in [0, 0.1) is 0 Å². The molecule has 4 rings (SSSR count). The molecule has 0 bridgehead atoms. The van der Waals surface area contributed by atoms with Gasteiger partial charge in [-0.25, -0.2) is 4.90 Å². The number of esters is 1. The first-order chi connectivity index (χ1) is 11.5. The van der Waals surface area contributed by atoms with Crippen molar-refractivity contribution in [1.29, 1.82) is 0 Å². The van der Waals surface area contributed by atoms with Crippen molar-refractivity contribution in [3.63, 3.8) is 0 Å². The van der Waals surface area contributed by atoms with Gasteiger partial charge in [0.25, 0.3) is 11.8 Å². The van der Waals surface area contributed by atoms with Crippen LogP contribution < -0.4 is 9.64 Å². The van der Waals surface area contributed by atoms with Crippen LogP contribution in [0.5, 0.6) is 5.75 Å². The molecular formula is C19H13NO4. The van der Waals surface area contributed by atoms with Gasteiger partial charge in [0.2, 0.25) is 0 Å². The van der Waals surface area contributed by atoms with Crippen molar-refractivity contribution in [2.45, 2.75) is 13.3 Å². The number of nitrogens with zero attached hydrogens (tertiary/aromatic N) is 1. The standard InChI is InChI=1S/C19H13NO4/c1-11(21)24-15-3-5-17-13(10-15)8-12-9-14(2-4-16(12)17)20-18(22)6-7-19(20)23/h2-7,9-10H,8H2,1H3. The maximum absolute atomic E-state index is 11.8. The van der Waals surface area contributed by atoms with Gasteiger partial charge in [0.1, 0.15) is 5.75 Å². The highest BCUT2D eigenvalue weighted by Crippen LogP contribution is 2.40. The highest BCUT2D eigenvalue weighted by molar-refractivity contribution is 6.28. The molecule has 0 N–H and O–H groups in total. The summed E-state index contributed by atoms with van der Waals surface area (Å²) in [4.78, 5) is 35.9. The number of hydrogen-bond acceptors (Lipinski definition) is 4. The van der Waals surface area contributed by atoms with E-state index in [2.05, 4.69) is 0 Å². The van der Waals surface area contributed by atoms with Crippen molar-refractivity contribution >= 4 is 23.5 Å². The summed E-state index contributed by atoms with van der Waals surface area (Å²) >= 11 is 0. The quantitative estimate of drug-likeness (QED) is 0.414. The van der Waals surface area contributed by atoms with Crippen molar-refractivity contribution in [3.05, 3.63) is 59.7 Å². The SMILES string of the molecule is CC(=O)Oc1ccc2c(c1)Cc1cc(N3C(=O)C=CC3=O)ccc1-2. The lowest BCUT2D eigenvalue weighted by atomic mass is 10.1. The molecule has 2 amide bonds. The molecule has 1 heterocycles. The number of rotatable bonds is 2. The molecule has 0 atom stereocenters. The number of amides is 2. The maximum atomic E-state index is 11.8. The third kappa shape index (κ3) is 2.22. The lowest BCUT2D eigenvalue weighted by Crippen LogP contribution is -2.29. The Morgan fingerprint density at radius 3 is 2.25 bits per heavy atom. The van der Waals surface area contributed by atoms with Gasteiger partial charge < -0.3 is 4.74 Å². The van der Waals surface area contributed by atoms with Crippen molar-refractivity contribution < 1.29 is 19.1 Å². The van der Waals surface area contributed by atoms with Crippen LogP contribution in [-0.2, 0) is 20.8 Å². The number of hydrogen-bond donors (Lipinski definition) is 0. The smallest absolute Gasteiger partial charge is 0.308 e. The van der Waals surface area contributed by atoms with E-state index in [4.69, 9.17) is 4.74 Å². The number of ether oxygens (including phenoxy) is 1. The average molecular weight is 319 g/mol. The molecule has 0 spiro atoms. The van der Waals surface area contributed by atoms with E-state index in [1.54, 1.807) is 12.1 Å². The summed E-state index contributed by atoms with van der Waals surface area (Å²) in [5, 5.41) is 0. The van der Waals surface area contributed by atoms with E-state index in [-0.39, 0.29) is 17.8 Å². The molecule has 2 aromatic rings. The van der Waals surface area contributed by atoms with Gasteiger partial charge in [-0.1, -0.05) is 12.1 Å². The lowest BCUT2D eigenvalue weighted by Gasteiger charge is -2.15. The van der Waals surface area contributed by atoms with Crippen LogP contribution in [0.15, 0.2) is 48.6 Å². The van der Waals surface area contributed by atoms with Gasteiger partial charge in [-0.2, -0.15) is 0 Å². The Balaban J connectivity index is 1.69. The molecule has 2 aromatic carbocycles. The number of anilines is 1. The van der Waals surface area contributed by atoms with Gasteiger partial charge >= 0.3 is 5.97 Å².